The molecule has 1 fully saturated rings. The van der Waals surface area contributed by atoms with Crippen LogP contribution >= 0.6 is 11.3 Å². The first-order valence-electron chi connectivity index (χ1n) is 6.85. The van der Waals surface area contributed by atoms with Gasteiger partial charge in [0.1, 0.15) is 12.1 Å². The number of hydrogen-bond acceptors (Lipinski definition) is 6. The van der Waals surface area contributed by atoms with Gasteiger partial charge in [0, 0.05) is 36.4 Å². The summed E-state index contributed by atoms with van der Waals surface area (Å²) in [5.74, 6) is 1.31. The van der Waals surface area contributed by atoms with E-state index in [0.29, 0.717) is 5.92 Å². The minimum atomic E-state index is 0.419. The number of nitrogens with zero attached hydrogens (tertiary/aromatic N) is 3. The number of nitrogens with one attached hydrogen (secondary N) is 1. The van der Waals surface area contributed by atoms with Gasteiger partial charge in [-0.15, -0.1) is 11.3 Å². The van der Waals surface area contributed by atoms with Crippen LogP contribution in [0.25, 0.3) is 0 Å². The molecule has 1 saturated heterocycles. The van der Waals surface area contributed by atoms with Crippen molar-refractivity contribution < 1.29 is 4.74 Å². The number of rotatable bonds is 5. The maximum Gasteiger partial charge on any atom is 0.129 e. The van der Waals surface area contributed by atoms with Crippen molar-refractivity contribution in [1.82, 2.24) is 15.0 Å². The zero-order valence-corrected chi connectivity index (χ0v) is 12.3. The molecule has 6 heteroatoms. The van der Waals surface area contributed by atoms with Gasteiger partial charge in [0.05, 0.1) is 23.5 Å². The summed E-state index contributed by atoms with van der Waals surface area (Å²) < 4.78 is 5.41. The van der Waals surface area contributed by atoms with Gasteiger partial charge in [-0.05, 0) is 13.3 Å². The lowest BCUT2D eigenvalue weighted by Gasteiger charge is -2.09. The van der Waals surface area contributed by atoms with Crippen molar-refractivity contribution in [3.63, 3.8) is 0 Å². The Balaban J connectivity index is 1.57. The monoisotopic (exact) mass is 290 g/mol. The van der Waals surface area contributed by atoms with Crippen molar-refractivity contribution in [2.45, 2.75) is 25.7 Å². The SMILES string of the molecule is Cc1ncsc1CCNc1cc([C@H]2CCOC2)ncn1. The summed E-state index contributed by atoms with van der Waals surface area (Å²) in [5.41, 5.74) is 4.10. The molecular formula is C14H18N4OS. The first-order chi connectivity index (χ1) is 9.83. The Morgan fingerprint density at radius 2 is 2.35 bits per heavy atom. The highest BCUT2D eigenvalue weighted by Crippen LogP contribution is 2.24. The Morgan fingerprint density at radius 3 is 3.10 bits per heavy atom. The van der Waals surface area contributed by atoms with Crippen molar-refractivity contribution in [2.75, 3.05) is 25.1 Å². The molecule has 0 aromatic carbocycles. The Labute approximate surface area is 122 Å². The third kappa shape index (κ3) is 3.13. The van der Waals surface area contributed by atoms with Crippen LogP contribution in [-0.2, 0) is 11.2 Å². The number of thiazole rings is 1. The Kier molecular flexibility index (Phi) is 4.22. The van der Waals surface area contributed by atoms with E-state index in [1.807, 2.05) is 11.6 Å². The van der Waals surface area contributed by atoms with Gasteiger partial charge in [-0.25, -0.2) is 15.0 Å². The van der Waals surface area contributed by atoms with E-state index in [1.165, 1.54) is 4.88 Å². The third-order valence-electron chi connectivity index (χ3n) is 3.54. The van der Waals surface area contributed by atoms with Crippen LogP contribution in [0.5, 0.6) is 0 Å². The highest BCUT2D eigenvalue weighted by Gasteiger charge is 2.19. The second-order valence-electron chi connectivity index (χ2n) is 4.93. The molecule has 5 nitrogen and oxygen atoms in total. The van der Waals surface area contributed by atoms with Crippen LogP contribution in [0, 0.1) is 6.92 Å². The molecule has 2 aromatic rings. The first kappa shape index (κ1) is 13.5. The largest absolute Gasteiger partial charge is 0.381 e. The molecule has 0 spiro atoms. The number of ether oxygens (including phenoxy) is 1. The van der Waals surface area contributed by atoms with Crippen molar-refractivity contribution in [3.8, 4) is 0 Å². The molecule has 0 radical (unpaired) electrons. The summed E-state index contributed by atoms with van der Waals surface area (Å²) in [6, 6.07) is 2.04. The maximum atomic E-state index is 5.41. The molecular weight excluding hydrogens is 272 g/mol. The van der Waals surface area contributed by atoms with E-state index >= 15 is 0 Å². The summed E-state index contributed by atoms with van der Waals surface area (Å²) in [5, 5.41) is 3.36. The molecule has 1 atom stereocenters. The lowest BCUT2D eigenvalue weighted by atomic mass is 10.1. The van der Waals surface area contributed by atoms with E-state index in [9.17, 15) is 0 Å². The van der Waals surface area contributed by atoms with E-state index in [1.54, 1.807) is 17.7 Å². The number of anilines is 1. The van der Waals surface area contributed by atoms with E-state index < -0.39 is 0 Å². The molecule has 0 bridgehead atoms. The molecule has 3 rings (SSSR count). The van der Waals surface area contributed by atoms with Crippen LogP contribution < -0.4 is 5.32 Å². The highest BCUT2D eigenvalue weighted by atomic mass is 32.1. The molecule has 20 heavy (non-hydrogen) atoms. The zero-order valence-electron chi connectivity index (χ0n) is 11.5. The Bertz CT molecular complexity index is 566. The predicted octanol–water partition coefficient (Wildman–Crippen LogP) is 2.40. The normalized spacial score (nSPS) is 18.4. The summed E-state index contributed by atoms with van der Waals surface area (Å²) in [4.78, 5) is 14.2. The van der Waals surface area contributed by atoms with E-state index in [2.05, 4.69) is 27.2 Å². The van der Waals surface area contributed by atoms with Gasteiger partial charge >= 0.3 is 0 Å². The van der Waals surface area contributed by atoms with Crippen LogP contribution in [-0.4, -0.2) is 34.7 Å². The van der Waals surface area contributed by atoms with Gasteiger partial charge in [-0.3, -0.25) is 0 Å². The van der Waals surface area contributed by atoms with Crippen molar-refractivity contribution in [2.24, 2.45) is 0 Å². The Morgan fingerprint density at radius 1 is 1.40 bits per heavy atom. The summed E-state index contributed by atoms with van der Waals surface area (Å²) in [6.07, 6.45) is 3.66. The fraction of sp³-hybridized carbons (Fsp3) is 0.500. The molecule has 0 amide bonds. The van der Waals surface area contributed by atoms with E-state index in [0.717, 1.165) is 49.8 Å². The predicted molar refractivity (Wildman–Crippen MR) is 79.3 cm³/mol. The fourth-order valence-electron chi connectivity index (χ4n) is 2.33. The quantitative estimate of drug-likeness (QED) is 0.916. The molecule has 0 saturated carbocycles. The number of aromatic nitrogens is 3. The second-order valence-corrected chi connectivity index (χ2v) is 5.87. The lowest BCUT2D eigenvalue weighted by molar-refractivity contribution is 0.193. The van der Waals surface area contributed by atoms with Crippen molar-refractivity contribution in [3.05, 3.63) is 34.2 Å². The van der Waals surface area contributed by atoms with Crippen LogP contribution in [0.15, 0.2) is 17.9 Å². The van der Waals surface area contributed by atoms with Gasteiger partial charge in [0.25, 0.3) is 0 Å². The van der Waals surface area contributed by atoms with Gasteiger partial charge in [0.15, 0.2) is 0 Å². The topological polar surface area (TPSA) is 59.9 Å². The van der Waals surface area contributed by atoms with Crippen LogP contribution in [0.1, 0.15) is 28.6 Å². The third-order valence-corrected chi connectivity index (χ3v) is 4.53. The second kappa shape index (κ2) is 6.28. The van der Waals surface area contributed by atoms with Crippen molar-refractivity contribution >= 4 is 17.2 Å². The van der Waals surface area contributed by atoms with Gasteiger partial charge in [-0.1, -0.05) is 0 Å². The maximum absolute atomic E-state index is 5.41. The smallest absolute Gasteiger partial charge is 0.129 e. The van der Waals surface area contributed by atoms with E-state index in [4.69, 9.17) is 4.74 Å². The molecule has 106 valence electrons. The fourth-order valence-corrected chi connectivity index (χ4v) is 3.11. The number of aryl methyl sites for hydroxylation is 1. The minimum Gasteiger partial charge on any atom is -0.381 e. The Hall–Kier alpha value is -1.53. The van der Waals surface area contributed by atoms with Gasteiger partial charge < -0.3 is 10.1 Å². The molecule has 1 aliphatic rings. The lowest BCUT2D eigenvalue weighted by Crippen LogP contribution is -2.08. The molecule has 3 heterocycles. The number of hydrogen-bond donors (Lipinski definition) is 1. The summed E-state index contributed by atoms with van der Waals surface area (Å²) in [7, 11) is 0. The average molecular weight is 290 g/mol. The highest BCUT2D eigenvalue weighted by molar-refractivity contribution is 7.09. The first-order valence-corrected chi connectivity index (χ1v) is 7.73. The van der Waals surface area contributed by atoms with Gasteiger partial charge in [0.2, 0.25) is 0 Å². The molecule has 1 aliphatic heterocycles. The van der Waals surface area contributed by atoms with Crippen LogP contribution in [0.4, 0.5) is 5.82 Å². The molecule has 0 unspecified atom stereocenters. The molecule has 0 aliphatic carbocycles. The molecule has 1 N–H and O–H groups in total. The zero-order chi connectivity index (χ0) is 13.8. The average Bonchev–Trinajstić information content (AvgIpc) is 3.12. The molecule has 2 aromatic heterocycles. The standard InChI is InChI=1S/C14H18N4OS/c1-10-13(20-9-18-10)2-4-15-14-6-12(16-8-17-14)11-3-5-19-7-11/h6,8-9,11H,2-5,7H2,1H3,(H,15,16,17)/t11-/m0/s1. The summed E-state index contributed by atoms with van der Waals surface area (Å²) >= 11 is 1.71. The van der Waals surface area contributed by atoms with E-state index in [-0.39, 0.29) is 0 Å². The van der Waals surface area contributed by atoms with Gasteiger partial charge in [-0.2, -0.15) is 0 Å². The summed E-state index contributed by atoms with van der Waals surface area (Å²) in [6.45, 7) is 4.52. The van der Waals surface area contributed by atoms with Crippen molar-refractivity contribution in [1.29, 1.82) is 0 Å². The van der Waals surface area contributed by atoms with Crippen LogP contribution in [0.3, 0.4) is 0 Å². The minimum absolute atomic E-state index is 0.419. The van der Waals surface area contributed by atoms with Crippen LogP contribution in [0.2, 0.25) is 0 Å².